The van der Waals surface area contributed by atoms with Crippen LogP contribution in [-0.4, -0.2) is 34.9 Å². The summed E-state index contributed by atoms with van der Waals surface area (Å²) in [6.45, 7) is 0. The highest BCUT2D eigenvalue weighted by molar-refractivity contribution is 5.93. The van der Waals surface area contributed by atoms with Crippen molar-refractivity contribution in [3.05, 3.63) is 187 Å². The van der Waals surface area contributed by atoms with Gasteiger partial charge in [0.25, 0.3) is 0 Å². The van der Waals surface area contributed by atoms with E-state index < -0.39 is 0 Å². The van der Waals surface area contributed by atoms with Gasteiger partial charge in [-0.25, -0.2) is 29.9 Å². The molecule has 64 heavy (non-hydrogen) atoms. The lowest BCUT2D eigenvalue weighted by atomic mass is 9.43. The molecule has 14 rings (SSSR count). The van der Waals surface area contributed by atoms with E-state index in [2.05, 4.69) is 66.7 Å². The third-order valence-electron chi connectivity index (χ3n) is 14.6. The molecule has 1 spiro atoms. The Labute approximate surface area is 372 Å². The van der Waals surface area contributed by atoms with Gasteiger partial charge in [-0.05, 0) is 95.7 Å². The van der Waals surface area contributed by atoms with Crippen molar-refractivity contribution >= 4 is 0 Å². The SMILES string of the molecule is c1ccc(-c2nc(-c3ccccc3)nc(-c3cncc(-c4ccc5c(c4)C4(c6cccc(-c7nc(-c8ccccc8)nc(-c8ccccc8)n7)c6-5)C5CC6CC(C5)CC4C6)c3)n2)cc1. The number of benzene rings is 6. The lowest BCUT2D eigenvalue weighted by Crippen LogP contribution is -2.55. The zero-order valence-electron chi connectivity index (χ0n) is 35.2. The van der Waals surface area contributed by atoms with Crippen LogP contribution in [0, 0.1) is 23.7 Å². The van der Waals surface area contributed by atoms with Crippen LogP contribution in [0.5, 0.6) is 0 Å². The number of hydrogen-bond donors (Lipinski definition) is 0. The van der Waals surface area contributed by atoms with E-state index in [0.29, 0.717) is 46.8 Å². The van der Waals surface area contributed by atoms with Crippen LogP contribution in [0.4, 0.5) is 0 Å². The second-order valence-electron chi connectivity index (χ2n) is 18.2. The molecule has 0 N–H and O–H groups in total. The maximum atomic E-state index is 5.28. The normalized spacial score (nSPS) is 21.2. The summed E-state index contributed by atoms with van der Waals surface area (Å²) in [5.74, 6) is 6.73. The summed E-state index contributed by atoms with van der Waals surface area (Å²) in [6.07, 6.45) is 10.4. The number of rotatable bonds is 7. The molecule has 4 bridgehead atoms. The molecule has 4 saturated carbocycles. The van der Waals surface area contributed by atoms with E-state index in [1.54, 1.807) is 0 Å². The molecule has 0 aliphatic heterocycles. The average Bonchev–Trinajstić information content (AvgIpc) is 3.66. The van der Waals surface area contributed by atoms with Crippen molar-refractivity contribution in [3.8, 4) is 90.6 Å². The number of nitrogens with zero attached hydrogens (tertiary/aromatic N) is 7. The molecule has 7 nitrogen and oxygen atoms in total. The first-order valence-corrected chi connectivity index (χ1v) is 22.6. The second-order valence-corrected chi connectivity index (χ2v) is 18.2. The van der Waals surface area contributed by atoms with Gasteiger partial charge in [-0.15, -0.1) is 0 Å². The van der Waals surface area contributed by atoms with E-state index in [1.807, 2.05) is 109 Å². The van der Waals surface area contributed by atoms with Crippen molar-refractivity contribution in [2.24, 2.45) is 23.7 Å². The van der Waals surface area contributed by atoms with Gasteiger partial charge in [0.1, 0.15) is 0 Å². The largest absolute Gasteiger partial charge is 0.263 e. The molecule has 0 atom stereocenters. The molecule has 3 heterocycles. The average molecular weight is 826 g/mol. The molecule has 0 amide bonds. The minimum absolute atomic E-state index is 0.0872. The van der Waals surface area contributed by atoms with Crippen LogP contribution in [0.2, 0.25) is 0 Å². The Kier molecular flexibility index (Phi) is 8.58. The highest BCUT2D eigenvalue weighted by Gasteiger charge is 2.62. The Morgan fingerprint density at radius 1 is 0.328 bits per heavy atom. The molecule has 7 heteroatoms. The van der Waals surface area contributed by atoms with Crippen molar-refractivity contribution in [2.45, 2.75) is 37.5 Å². The zero-order chi connectivity index (χ0) is 42.2. The van der Waals surface area contributed by atoms with E-state index in [0.717, 1.165) is 56.3 Å². The highest BCUT2D eigenvalue weighted by atomic mass is 15.0. The minimum atomic E-state index is -0.0872. The van der Waals surface area contributed by atoms with Crippen molar-refractivity contribution in [1.29, 1.82) is 0 Å². The third kappa shape index (κ3) is 5.98. The molecular formula is C57H43N7. The number of hydrogen-bond acceptors (Lipinski definition) is 7. The zero-order valence-corrected chi connectivity index (χ0v) is 35.2. The Bertz CT molecular complexity index is 3080. The molecule has 0 saturated heterocycles. The Morgan fingerprint density at radius 2 is 0.781 bits per heavy atom. The summed E-state index contributed by atoms with van der Waals surface area (Å²) >= 11 is 0. The maximum Gasteiger partial charge on any atom is 0.165 e. The molecule has 0 radical (unpaired) electrons. The molecule has 306 valence electrons. The van der Waals surface area contributed by atoms with Gasteiger partial charge in [0.15, 0.2) is 34.9 Å². The molecule has 3 aromatic heterocycles. The molecule has 4 fully saturated rings. The number of aromatic nitrogens is 7. The Balaban J connectivity index is 0.979. The van der Waals surface area contributed by atoms with Crippen molar-refractivity contribution in [1.82, 2.24) is 34.9 Å². The quantitative estimate of drug-likeness (QED) is 0.158. The summed E-state index contributed by atoms with van der Waals surface area (Å²) in [4.78, 5) is 35.5. The monoisotopic (exact) mass is 825 g/mol. The fourth-order valence-electron chi connectivity index (χ4n) is 12.2. The number of pyridine rings is 1. The van der Waals surface area contributed by atoms with Gasteiger partial charge < -0.3 is 0 Å². The van der Waals surface area contributed by atoms with E-state index in [9.17, 15) is 0 Å². The van der Waals surface area contributed by atoms with E-state index in [-0.39, 0.29) is 5.41 Å². The molecule has 9 aromatic rings. The fraction of sp³-hybridized carbons (Fsp3) is 0.175. The smallest absolute Gasteiger partial charge is 0.165 e. The topological polar surface area (TPSA) is 90.2 Å². The fourth-order valence-corrected chi connectivity index (χ4v) is 12.2. The molecule has 0 unspecified atom stereocenters. The van der Waals surface area contributed by atoms with Crippen LogP contribution < -0.4 is 0 Å². The van der Waals surface area contributed by atoms with Crippen LogP contribution in [0.1, 0.15) is 43.2 Å². The standard InChI is InChI=1S/C57H43N7/c1-5-14-37(15-6-1)51-59-52(38-16-7-2-8-17-38)62-55(61-51)43-31-42(33-58-34-43)41-24-25-46-49(32-41)57(44-27-35-26-36(29-44)30-45(57)28-35)48-23-13-22-47(50(46)48)56-63-53(39-18-9-3-10-19-39)60-54(64-56)40-20-11-4-12-21-40/h1-25,31-36,44-45H,26-30H2. The highest BCUT2D eigenvalue weighted by Crippen LogP contribution is 2.70. The lowest BCUT2D eigenvalue weighted by molar-refractivity contribution is -0.0399. The summed E-state index contributed by atoms with van der Waals surface area (Å²) in [5.41, 5.74) is 13.3. The van der Waals surface area contributed by atoms with E-state index >= 15 is 0 Å². The molecule has 5 aliphatic carbocycles. The van der Waals surface area contributed by atoms with Crippen molar-refractivity contribution < 1.29 is 0 Å². The van der Waals surface area contributed by atoms with Gasteiger partial charge in [-0.3, -0.25) is 4.98 Å². The summed E-state index contributed by atoms with van der Waals surface area (Å²) in [6, 6.07) is 57.2. The summed E-state index contributed by atoms with van der Waals surface area (Å²) in [5, 5.41) is 0. The Hall–Kier alpha value is -7.51. The van der Waals surface area contributed by atoms with Crippen LogP contribution in [0.25, 0.3) is 90.6 Å². The van der Waals surface area contributed by atoms with Gasteiger partial charge in [0, 0.05) is 56.8 Å². The lowest BCUT2D eigenvalue weighted by Gasteiger charge is -2.61. The minimum Gasteiger partial charge on any atom is -0.263 e. The van der Waals surface area contributed by atoms with Crippen molar-refractivity contribution in [2.75, 3.05) is 0 Å². The first-order valence-electron chi connectivity index (χ1n) is 22.6. The predicted octanol–water partition coefficient (Wildman–Crippen LogP) is 12.8. The van der Waals surface area contributed by atoms with Gasteiger partial charge in [-0.1, -0.05) is 152 Å². The van der Waals surface area contributed by atoms with Crippen LogP contribution >= 0.6 is 0 Å². The molecular weight excluding hydrogens is 783 g/mol. The molecule has 5 aliphatic rings. The van der Waals surface area contributed by atoms with Gasteiger partial charge in [-0.2, -0.15) is 0 Å². The van der Waals surface area contributed by atoms with Gasteiger partial charge in [0.05, 0.1) is 0 Å². The van der Waals surface area contributed by atoms with E-state index in [4.69, 9.17) is 34.9 Å². The Morgan fingerprint density at radius 3 is 1.28 bits per heavy atom. The van der Waals surface area contributed by atoms with Gasteiger partial charge in [0.2, 0.25) is 0 Å². The first-order chi connectivity index (χ1) is 31.7. The van der Waals surface area contributed by atoms with Crippen molar-refractivity contribution in [3.63, 3.8) is 0 Å². The predicted molar refractivity (Wildman–Crippen MR) is 252 cm³/mol. The van der Waals surface area contributed by atoms with Gasteiger partial charge >= 0.3 is 0 Å². The maximum absolute atomic E-state index is 5.28. The number of fused-ring (bicyclic) bond motifs is 3. The summed E-state index contributed by atoms with van der Waals surface area (Å²) in [7, 11) is 0. The second kappa shape index (κ2) is 14.8. The van der Waals surface area contributed by atoms with Crippen LogP contribution in [0.15, 0.2) is 176 Å². The van der Waals surface area contributed by atoms with E-state index in [1.165, 1.54) is 54.4 Å². The third-order valence-corrected chi connectivity index (χ3v) is 14.6. The van der Waals surface area contributed by atoms with Crippen LogP contribution in [0.3, 0.4) is 0 Å². The first kappa shape index (κ1) is 37.1. The summed E-state index contributed by atoms with van der Waals surface area (Å²) < 4.78 is 0. The molecule has 6 aromatic carbocycles. The van der Waals surface area contributed by atoms with Crippen LogP contribution in [-0.2, 0) is 5.41 Å².